The van der Waals surface area contributed by atoms with Crippen molar-refractivity contribution in [2.75, 3.05) is 32.5 Å². The maximum atomic E-state index is 12.9. The first-order valence-corrected chi connectivity index (χ1v) is 10.2. The van der Waals surface area contributed by atoms with E-state index >= 15 is 0 Å². The second kappa shape index (κ2) is 9.14. The highest BCUT2D eigenvalue weighted by molar-refractivity contribution is 5.94. The fourth-order valence-corrected chi connectivity index (χ4v) is 3.78. The summed E-state index contributed by atoms with van der Waals surface area (Å²) in [6.07, 6.45) is 2.00. The first-order valence-electron chi connectivity index (χ1n) is 10.2. The molecule has 0 radical (unpaired) electrons. The molecule has 31 heavy (non-hydrogen) atoms. The molecule has 7 nitrogen and oxygen atoms in total. The van der Waals surface area contributed by atoms with E-state index in [4.69, 9.17) is 20.2 Å². The minimum atomic E-state index is -0.275. The summed E-state index contributed by atoms with van der Waals surface area (Å²) in [5.74, 6) is 1.15. The summed E-state index contributed by atoms with van der Waals surface area (Å²) >= 11 is 0. The largest absolute Gasteiger partial charge is 0.497 e. The van der Waals surface area contributed by atoms with E-state index in [2.05, 4.69) is 23.2 Å². The number of carbonyl (C=O) groups excluding carboxylic acids is 1. The molecular weight excluding hydrogens is 392 g/mol. The number of aromatic nitrogens is 2. The first-order chi connectivity index (χ1) is 15.0. The van der Waals surface area contributed by atoms with Gasteiger partial charge in [-0.3, -0.25) is 9.78 Å². The fourth-order valence-electron chi connectivity index (χ4n) is 3.78. The van der Waals surface area contributed by atoms with E-state index in [-0.39, 0.29) is 12.0 Å². The molecule has 3 aromatic rings. The molecule has 3 heterocycles. The number of nitrogens with two attached hydrogens (primary N) is 1. The number of anilines is 1. The summed E-state index contributed by atoms with van der Waals surface area (Å²) in [4.78, 5) is 23.4. The average Bonchev–Trinajstić information content (AvgIpc) is 2.79. The van der Waals surface area contributed by atoms with Crippen molar-refractivity contribution in [3.8, 4) is 5.75 Å². The van der Waals surface area contributed by atoms with E-state index in [1.165, 1.54) is 6.20 Å². The highest BCUT2D eigenvalue weighted by Gasteiger charge is 2.27. The van der Waals surface area contributed by atoms with Crippen LogP contribution < -0.4 is 10.5 Å². The lowest BCUT2D eigenvalue weighted by Crippen LogP contribution is -2.42. The van der Waals surface area contributed by atoms with Gasteiger partial charge in [0.05, 0.1) is 31.5 Å². The van der Waals surface area contributed by atoms with Gasteiger partial charge in [0.1, 0.15) is 17.7 Å². The van der Waals surface area contributed by atoms with Crippen molar-refractivity contribution in [1.82, 2.24) is 14.9 Å². The molecule has 0 spiro atoms. The third-order valence-corrected chi connectivity index (χ3v) is 5.29. The molecule has 7 heteroatoms. The van der Waals surface area contributed by atoms with Gasteiger partial charge < -0.3 is 20.1 Å². The number of pyridine rings is 2. The van der Waals surface area contributed by atoms with Crippen molar-refractivity contribution in [3.05, 3.63) is 82.8 Å². The lowest BCUT2D eigenvalue weighted by Gasteiger charge is -2.33. The number of nitrogens with zero attached hydrogens (tertiary/aromatic N) is 3. The van der Waals surface area contributed by atoms with E-state index in [1.54, 1.807) is 24.1 Å². The number of benzene rings is 1. The number of ether oxygens (including phenoxy) is 2. The van der Waals surface area contributed by atoms with Gasteiger partial charge in [-0.2, -0.15) is 0 Å². The molecule has 1 aliphatic heterocycles. The van der Waals surface area contributed by atoms with Crippen LogP contribution in [-0.2, 0) is 11.2 Å². The number of nitrogen functional groups attached to an aromatic ring is 1. The van der Waals surface area contributed by atoms with Crippen LogP contribution in [0.2, 0.25) is 0 Å². The van der Waals surface area contributed by atoms with Gasteiger partial charge in [-0.05, 0) is 60.9 Å². The molecule has 2 aromatic heterocycles. The summed E-state index contributed by atoms with van der Waals surface area (Å²) in [6, 6.07) is 15.5. The molecule has 0 unspecified atom stereocenters. The normalized spacial score (nSPS) is 16.2. The van der Waals surface area contributed by atoms with Crippen LogP contribution in [0.5, 0.6) is 5.75 Å². The zero-order valence-electron chi connectivity index (χ0n) is 17.7. The number of hydrogen-bond acceptors (Lipinski definition) is 6. The SMILES string of the molecule is COc1cccc(Cc2cc(C)nc([C@@H]3CN(C(=O)c4ccc(N)nc4)CCO3)c2)c1. The molecule has 1 aliphatic rings. The lowest BCUT2D eigenvalue weighted by atomic mass is 10.0. The number of aryl methyl sites for hydroxylation is 1. The summed E-state index contributed by atoms with van der Waals surface area (Å²) in [5, 5.41) is 0. The predicted molar refractivity (Wildman–Crippen MR) is 118 cm³/mol. The molecular formula is C24H26N4O3. The lowest BCUT2D eigenvalue weighted by molar-refractivity contribution is -0.0248. The molecule has 1 aromatic carbocycles. The van der Waals surface area contributed by atoms with Crippen molar-refractivity contribution < 1.29 is 14.3 Å². The zero-order chi connectivity index (χ0) is 21.8. The van der Waals surface area contributed by atoms with E-state index in [0.717, 1.165) is 34.7 Å². The Bertz CT molecular complexity index is 1070. The Kier molecular flexibility index (Phi) is 6.13. The number of rotatable bonds is 5. The zero-order valence-corrected chi connectivity index (χ0v) is 17.7. The van der Waals surface area contributed by atoms with Crippen LogP contribution in [0.1, 0.15) is 39.0 Å². The molecule has 160 valence electrons. The van der Waals surface area contributed by atoms with Gasteiger partial charge in [-0.15, -0.1) is 0 Å². The Morgan fingerprint density at radius 2 is 2.10 bits per heavy atom. The van der Waals surface area contributed by atoms with Gasteiger partial charge in [-0.1, -0.05) is 12.1 Å². The van der Waals surface area contributed by atoms with E-state index in [1.807, 2.05) is 25.1 Å². The summed E-state index contributed by atoms with van der Waals surface area (Å²) in [6.45, 7) is 3.41. The minimum absolute atomic E-state index is 0.0787. The minimum Gasteiger partial charge on any atom is -0.497 e. The smallest absolute Gasteiger partial charge is 0.255 e. The van der Waals surface area contributed by atoms with E-state index < -0.39 is 0 Å². The average molecular weight is 418 g/mol. The van der Waals surface area contributed by atoms with Crippen molar-refractivity contribution in [1.29, 1.82) is 0 Å². The summed E-state index contributed by atoms with van der Waals surface area (Å²) < 4.78 is 11.3. The van der Waals surface area contributed by atoms with Crippen LogP contribution in [0.3, 0.4) is 0 Å². The summed E-state index contributed by atoms with van der Waals surface area (Å²) in [5.41, 5.74) is 10.2. The highest BCUT2D eigenvalue weighted by atomic mass is 16.5. The second-order valence-electron chi connectivity index (χ2n) is 7.65. The van der Waals surface area contributed by atoms with Gasteiger partial charge in [0.25, 0.3) is 5.91 Å². The Balaban J connectivity index is 1.51. The van der Waals surface area contributed by atoms with Crippen LogP contribution in [0.25, 0.3) is 0 Å². The Labute approximate surface area is 181 Å². The van der Waals surface area contributed by atoms with Gasteiger partial charge in [0.2, 0.25) is 0 Å². The van der Waals surface area contributed by atoms with Crippen molar-refractivity contribution in [3.63, 3.8) is 0 Å². The third kappa shape index (κ3) is 5.00. The molecule has 0 aliphatic carbocycles. The van der Waals surface area contributed by atoms with Crippen molar-refractivity contribution in [2.45, 2.75) is 19.4 Å². The molecule has 0 bridgehead atoms. The first kappa shape index (κ1) is 20.8. The van der Waals surface area contributed by atoms with Crippen LogP contribution >= 0.6 is 0 Å². The molecule has 4 rings (SSSR count). The monoisotopic (exact) mass is 418 g/mol. The maximum Gasteiger partial charge on any atom is 0.255 e. The predicted octanol–water partition coefficient (Wildman–Crippen LogP) is 3.18. The van der Waals surface area contributed by atoms with E-state index in [0.29, 0.717) is 31.1 Å². The van der Waals surface area contributed by atoms with Gasteiger partial charge in [0.15, 0.2) is 0 Å². The topological polar surface area (TPSA) is 90.6 Å². The third-order valence-electron chi connectivity index (χ3n) is 5.29. The highest BCUT2D eigenvalue weighted by Crippen LogP contribution is 2.25. The fraction of sp³-hybridized carbons (Fsp3) is 0.292. The number of morpholine rings is 1. The summed E-state index contributed by atoms with van der Waals surface area (Å²) in [7, 11) is 1.67. The van der Waals surface area contributed by atoms with Gasteiger partial charge in [0, 0.05) is 18.4 Å². The van der Waals surface area contributed by atoms with Crippen LogP contribution in [0.4, 0.5) is 5.82 Å². The van der Waals surface area contributed by atoms with Crippen LogP contribution in [-0.4, -0.2) is 47.6 Å². The van der Waals surface area contributed by atoms with Crippen LogP contribution in [0, 0.1) is 6.92 Å². The molecule has 1 fully saturated rings. The Morgan fingerprint density at radius 3 is 2.87 bits per heavy atom. The van der Waals surface area contributed by atoms with Gasteiger partial charge in [-0.25, -0.2) is 4.98 Å². The quantitative estimate of drug-likeness (QED) is 0.684. The Morgan fingerprint density at radius 1 is 1.23 bits per heavy atom. The Hall–Kier alpha value is -3.45. The van der Waals surface area contributed by atoms with Crippen molar-refractivity contribution in [2.24, 2.45) is 0 Å². The number of hydrogen-bond donors (Lipinski definition) is 1. The number of amides is 1. The molecule has 1 atom stereocenters. The van der Waals surface area contributed by atoms with Crippen LogP contribution in [0.15, 0.2) is 54.7 Å². The second-order valence-corrected chi connectivity index (χ2v) is 7.65. The molecule has 2 N–H and O–H groups in total. The molecule has 0 saturated carbocycles. The van der Waals surface area contributed by atoms with E-state index in [9.17, 15) is 4.79 Å². The molecule has 1 saturated heterocycles. The molecule has 1 amide bonds. The number of carbonyl (C=O) groups is 1. The van der Waals surface area contributed by atoms with Crippen molar-refractivity contribution >= 4 is 11.7 Å². The standard InChI is InChI=1S/C24H26N4O3/c1-16-10-18(11-17-4-3-5-20(12-17)30-2)13-21(27-16)22-15-28(8-9-31-22)24(29)19-6-7-23(25)26-14-19/h3-7,10,12-14,22H,8-9,11,15H2,1-2H3,(H2,25,26)/t22-/m0/s1. The maximum absolute atomic E-state index is 12.9. The number of methoxy groups -OCH3 is 1. The van der Waals surface area contributed by atoms with Gasteiger partial charge >= 0.3 is 0 Å².